The second-order valence-corrected chi connectivity index (χ2v) is 7.33. The summed E-state index contributed by atoms with van der Waals surface area (Å²) in [5.41, 5.74) is 0. The summed E-state index contributed by atoms with van der Waals surface area (Å²) in [6.45, 7) is 0.673. The van der Waals surface area contributed by atoms with Crippen molar-refractivity contribution in [3.8, 4) is 0 Å². The van der Waals surface area contributed by atoms with Gasteiger partial charge in [0.1, 0.15) is 4.90 Å². The molecule has 0 aliphatic rings. The number of hydrogen-bond donors (Lipinski definition) is 1. The second kappa shape index (κ2) is 6.44. The molecule has 1 aromatic carbocycles. The quantitative estimate of drug-likeness (QED) is 0.841. The van der Waals surface area contributed by atoms with Gasteiger partial charge in [-0.1, -0.05) is 39.1 Å². The Hall–Kier alpha value is -0.600. The van der Waals surface area contributed by atoms with E-state index in [4.69, 9.17) is 23.2 Å². The van der Waals surface area contributed by atoms with Crippen molar-refractivity contribution in [2.45, 2.75) is 11.4 Å². The van der Waals surface area contributed by atoms with Crippen LogP contribution in [0.2, 0.25) is 10.0 Å². The van der Waals surface area contributed by atoms with Gasteiger partial charge >= 0.3 is 0 Å². The Morgan fingerprint density at radius 2 is 1.95 bits per heavy atom. The van der Waals surface area contributed by atoms with Crippen LogP contribution in [0.4, 0.5) is 0 Å². The van der Waals surface area contributed by atoms with E-state index in [1.807, 2.05) is 0 Å². The Bertz CT molecular complexity index is 681. The summed E-state index contributed by atoms with van der Waals surface area (Å²) < 4.78 is 29.2. The molecule has 0 aliphatic heterocycles. The molecule has 1 aromatic heterocycles. The van der Waals surface area contributed by atoms with Gasteiger partial charge in [-0.2, -0.15) is 0 Å². The molecule has 0 atom stereocenters. The first-order valence-electron chi connectivity index (χ1n) is 5.50. The summed E-state index contributed by atoms with van der Waals surface area (Å²) in [6, 6.07) is 2.97. The van der Waals surface area contributed by atoms with Gasteiger partial charge in [-0.25, -0.2) is 18.1 Å². The van der Waals surface area contributed by atoms with E-state index in [1.54, 1.807) is 23.3 Å². The van der Waals surface area contributed by atoms with E-state index in [1.165, 1.54) is 12.1 Å². The lowest BCUT2D eigenvalue weighted by atomic mass is 10.4. The molecule has 0 saturated heterocycles. The summed E-state index contributed by atoms with van der Waals surface area (Å²) in [4.78, 5) is 3.76. The topological polar surface area (TPSA) is 64.0 Å². The van der Waals surface area contributed by atoms with Crippen molar-refractivity contribution in [1.29, 1.82) is 0 Å². The average Bonchev–Trinajstić information content (AvgIpc) is 2.79. The van der Waals surface area contributed by atoms with Crippen LogP contribution in [0.3, 0.4) is 0 Å². The molecule has 20 heavy (non-hydrogen) atoms. The zero-order chi connectivity index (χ0) is 14.8. The molecule has 0 amide bonds. The molecule has 0 unspecified atom stereocenters. The normalized spacial score (nSPS) is 11.8. The fraction of sp³-hybridized carbons (Fsp3) is 0.182. The lowest BCUT2D eigenvalue weighted by Crippen LogP contribution is -2.27. The number of sulfonamides is 1. The van der Waals surface area contributed by atoms with Gasteiger partial charge in [-0.05, 0) is 12.1 Å². The Morgan fingerprint density at radius 3 is 2.50 bits per heavy atom. The van der Waals surface area contributed by atoms with Crippen molar-refractivity contribution in [1.82, 2.24) is 14.3 Å². The molecule has 1 heterocycles. The number of imidazole rings is 1. The molecule has 1 N–H and O–H groups in total. The lowest BCUT2D eigenvalue weighted by Gasteiger charge is -2.10. The highest BCUT2D eigenvalue weighted by Gasteiger charge is 2.21. The minimum atomic E-state index is -3.76. The van der Waals surface area contributed by atoms with Crippen LogP contribution in [0, 0.1) is 0 Å². The molecule has 2 rings (SSSR count). The van der Waals surface area contributed by atoms with Crippen LogP contribution in [0.25, 0.3) is 0 Å². The molecule has 0 bridgehead atoms. The van der Waals surface area contributed by atoms with E-state index in [0.717, 1.165) is 0 Å². The third kappa shape index (κ3) is 3.73. The van der Waals surface area contributed by atoms with Crippen LogP contribution in [0.1, 0.15) is 0 Å². The van der Waals surface area contributed by atoms with Crippen molar-refractivity contribution >= 4 is 49.2 Å². The molecular weight excluding hydrogens is 389 g/mol. The maximum Gasteiger partial charge on any atom is 0.243 e. The fourth-order valence-electron chi connectivity index (χ4n) is 1.59. The van der Waals surface area contributed by atoms with E-state index < -0.39 is 10.0 Å². The smallest absolute Gasteiger partial charge is 0.243 e. The molecule has 0 fully saturated rings. The van der Waals surface area contributed by atoms with Crippen LogP contribution in [0.5, 0.6) is 0 Å². The highest BCUT2D eigenvalue weighted by molar-refractivity contribution is 9.10. The monoisotopic (exact) mass is 397 g/mol. The third-order valence-electron chi connectivity index (χ3n) is 2.45. The van der Waals surface area contributed by atoms with Gasteiger partial charge in [0.05, 0.1) is 16.4 Å². The minimum absolute atomic E-state index is 0.0690. The molecule has 0 spiro atoms. The summed E-state index contributed by atoms with van der Waals surface area (Å²) in [5, 5.41) is 0.138. The molecule has 0 saturated carbocycles. The average molecular weight is 399 g/mol. The van der Waals surface area contributed by atoms with Crippen LogP contribution in [-0.2, 0) is 16.6 Å². The Morgan fingerprint density at radius 1 is 1.30 bits per heavy atom. The van der Waals surface area contributed by atoms with Gasteiger partial charge in [0, 0.05) is 30.0 Å². The Kier molecular flexibility index (Phi) is 5.09. The number of benzene rings is 1. The number of hydrogen-bond acceptors (Lipinski definition) is 3. The van der Waals surface area contributed by atoms with E-state index >= 15 is 0 Å². The van der Waals surface area contributed by atoms with Gasteiger partial charge < -0.3 is 4.57 Å². The summed E-state index contributed by atoms with van der Waals surface area (Å²) in [6.07, 6.45) is 4.97. The molecule has 5 nitrogen and oxygen atoms in total. The first kappa shape index (κ1) is 15.8. The van der Waals surface area contributed by atoms with Crippen molar-refractivity contribution in [2.24, 2.45) is 0 Å². The van der Waals surface area contributed by atoms with Crippen LogP contribution in [-0.4, -0.2) is 24.5 Å². The summed E-state index contributed by atoms with van der Waals surface area (Å²) in [5.74, 6) is 0. The molecule has 0 radical (unpaired) electrons. The van der Waals surface area contributed by atoms with Crippen molar-refractivity contribution < 1.29 is 8.42 Å². The number of nitrogens with zero attached hydrogens (tertiary/aromatic N) is 2. The van der Waals surface area contributed by atoms with E-state index in [-0.39, 0.29) is 21.5 Å². The van der Waals surface area contributed by atoms with Gasteiger partial charge in [0.2, 0.25) is 10.0 Å². The van der Waals surface area contributed by atoms with Crippen LogP contribution < -0.4 is 4.72 Å². The van der Waals surface area contributed by atoms with Crippen molar-refractivity contribution in [3.63, 3.8) is 0 Å². The first-order valence-corrected chi connectivity index (χ1v) is 8.53. The number of rotatable bonds is 5. The number of halogens is 3. The standard InChI is InChI=1S/C11H10BrCl2N3O2S/c12-8-5-9(13)11(10(14)6-8)20(18,19)16-2-4-17-3-1-15-7-17/h1,3,5-7,16H,2,4H2. The maximum atomic E-state index is 12.2. The Balaban J connectivity index is 2.14. The Labute approximate surface area is 135 Å². The minimum Gasteiger partial charge on any atom is -0.336 e. The lowest BCUT2D eigenvalue weighted by molar-refractivity contribution is 0.573. The predicted octanol–water partition coefficient (Wildman–Crippen LogP) is 2.93. The highest BCUT2D eigenvalue weighted by Crippen LogP contribution is 2.32. The van der Waals surface area contributed by atoms with Crippen LogP contribution >= 0.6 is 39.1 Å². The fourth-order valence-corrected chi connectivity index (χ4v) is 4.54. The van der Waals surface area contributed by atoms with Crippen LogP contribution in [0.15, 0.2) is 40.2 Å². The van der Waals surface area contributed by atoms with Gasteiger partial charge in [0.25, 0.3) is 0 Å². The predicted molar refractivity (Wildman–Crippen MR) is 81.6 cm³/mol. The highest BCUT2D eigenvalue weighted by atomic mass is 79.9. The molecule has 0 aliphatic carbocycles. The molecule has 9 heteroatoms. The largest absolute Gasteiger partial charge is 0.336 e. The maximum absolute atomic E-state index is 12.2. The van der Waals surface area contributed by atoms with E-state index in [0.29, 0.717) is 11.0 Å². The summed E-state index contributed by atoms with van der Waals surface area (Å²) in [7, 11) is -3.76. The van der Waals surface area contributed by atoms with Gasteiger partial charge in [-0.3, -0.25) is 0 Å². The third-order valence-corrected chi connectivity index (χ3v) is 5.29. The zero-order valence-corrected chi connectivity index (χ0v) is 14.0. The molecule has 108 valence electrons. The molecule has 2 aromatic rings. The first-order chi connectivity index (χ1) is 9.40. The second-order valence-electron chi connectivity index (χ2n) is 3.90. The summed E-state index contributed by atoms with van der Waals surface area (Å²) >= 11 is 15.1. The van der Waals surface area contributed by atoms with Crippen molar-refractivity contribution in [2.75, 3.05) is 6.54 Å². The van der Waals surface area contributed by atoms with E-state index in [2.05, 4.69) is 25.6 Å². The number of nitrogens with one attached hydrogen (secondary N) is 1. The molecular formula is C11H10BrCl2N3O2S. The van der Waals surface area contributed by atoms with Crippen molar-refractivity contribution in [3.05, 3.63) is 45.4 Å². The van der Waals surface area contributed by atoms with E-state index in [9.17, 15) is 8.42 Å². The zero-order valence-electron chi connectivity index (χ0n) is 10.1. The number of aromatic nitrogens is 2. The SMILES string of the molecule is O=S(=O)(NCCn1ccnc1)c1c(Cl)cc(Br)cc1Cl. The van der Waals surface area contributed by atoms with Gasteiger partial charge in [0.15, 0.2) is 0 Å². The van der Waals surface area contributed by atoms with Gasteiger partial charge in [-0.15, -0.1) is 0 Å².